The third kappa shape index (κ3) is 2.40. The molecule has 2 bridgehead atoms. The van der Waals surface area contributed by atoms with E-state index in [0.717, 1.165) is 17.8 Å². The number of hydrogen-bond donors (Lipinski definition) is 1. The quantitative estimate of drug-likeness (QED) is 0.896. The van der Waals surface area contributed by atoms with Gasteiger partial charge in [-0.2, -0.15) is 5.10 Å². The van der Waals surface area contributed by atoms with Crippen molar-refractivity contribution < 1.29 is 0 Å². The topological polar surface area (TPSA) is 47.1 Å². The van der Waals surface area contributed by atoms with Crippen molar-refractivity contribution in [3.63, 3.8) is 0 Å². The standard InChI is InChI=1S/C16H28N4/c1-11-15(9-18-20(11)3)16(8-17)19(2)10-14-7-12-4-5-13(14)6-12/h9,12-14,16H,4-8,10,17H2,1-3H3. The van der Waals surface area contributed by atoms with Crippen LogP contribution in [0.2, 0.25) is 0 Å². The van der Waals surface area contributed by atoms with Gasteiger partial charge in [-0.3, -0.25) is 9.58 Å². The van der Waals surface area contributed by atoms with Crippen molar-refractivity contribution >= 4 is 0 Å². The Hall–Kier alpha value is -0.870. The number of rotatable bonds is 5. The first-order valence-electron chi connectivity index (χ1n) is 7.99. The van der Waals surface area contributed by atoms with Crippen molar-refractivity contribution in [2.75, 3.05) is 20.1 Å². The van der Waals surface area contributed by atoms with Crippen LogP contribution in [0.25, 0.3) is 0 Å². The predicted octanol–water partition coefficient (Wildman–Crippen LogP) is 2.10. The third-order valence-corrected chi connectivity index (χ3v) is 5.79. The maximum atomic E-state index is 6.06. The van der Waals surface area contributed by atoms with Gasteiger partial charge in [0.05, 0.1) is 12.2 Å². The Kier molecular flexibility index (Phi) is 3.87. The number of nitrogens with two attached hydrogens (primary N) is 1. The molecule has 1 aromatic heterocycles. The van der Waals surface area contributed by atoms with E-state index < -0.39 is 0 Å². The summed E-state index contributed by atoms with van der Waals surface area (Å²) in [5, 5.41) is 4.37. The average molecular weight is 276 g/mol. The summed E-state index contributed by atoms with van der Waals surface area (Å²) in [4.78, 5) is 2.47. The van der Waals surface area contributed by atoms with Crippen LogP contribution < -0.4 is 5.73 Å². The number of likely N-dealkylation sites (N-methyl/N-ethyl adjacent to an activating group) is 1. The molecule has 2 N–H and O–H groups in total. The molecule has 4 atom stereocenters. The molecule has 0 aliphatic heterocycles. The molecule has 4 nitrogen and oxygen atoms in total. The van der Waals surface area contributed by atoms with E-state index in [9.17, 15) is 0 Å². The lowest BCUT2D eigenvalue weighted by molar-refractivity contribution is 0.175. The molecule has 3 rings (SSSR count). The van der Waals surface area contributed by atoms with Crippen LogP contribution in [-0.4, -0.2) is 34.8 Å². The molecule has 0 radical (unpaired) electrons. The summed E-state index contributed by atoms with van der Waals surface area (Å²) in [6, 6.07) is 0.308. The minimum absolute atomic E-state index is 0.308. The molecule has 4 heteroatoms. The molecule has 0 spiro atoms. The zero-order valence-electron chi connectivity index (χ0n) is 13.0. The molecule has 20 heavy (non-hydrogen) atoms. The van der Waals surface area contributed by atoms with Crippen molar-refractivity contribution in [2.45, 2.75) is 38.6 Å². The monoisotopic (exact) mass is 276 g/mol. The number of hydrogen-bond acceptors (Lipinski definition) is 3. The highest BCUT2D eigenvalue weighted by Crippen LogP contribution is 2.48. The molecule has 2 saturated carbocycles. The van der Waals surface area contributed by atoms with Crippen LogP contribution in [-0.2, 0) is 7.05 Å². The molecule has 0 amide bonds. The Labute approximate surface area is 122 Å². The molecule has 112 valence electrons. The predicted molar refractivity (Wildman–Crippen MR) is 81.3 cm³/mol. The summed E-state index contributed by atoms with van der Waals surface area (Å²) < 4.78 is 1.95. The van der Waals surface area contributed by atoms with Gasteiger partial charge in [0.15, 0.2) is 0 Å². The van der Waals surface area contributed by atoms with Gasteiger partial charge in [-0.05, 0) is 51.0 Å². The Morgan fingerprint density at radius 1 is 1.45 bits per heavy atom. The SMILES string of the molecule is Cc1c(C(CN)N(C)CC2CC3CCC2C3)cnn1C. The smallest absolute Gasteiger partial charge is 0.0540 e. The van der Waals surface area contributed by atoms with Crippen LogP contribution in [0.5, 0.6) is 0 Å². The molecular weight excluding hydrogens is 248 g/mol. The van der Waals surface area contributed by atoms with Crippen molar-refractivity contribution in [1.29, 1.82) is 0 Å². The van der Waals surface area contributed by atoms with E-state index in [-0.39, 0.29) is 0 Å². The third-order valence-electron chi connectivity index (χ3n) is 5.79. The zero-order chi connectivity index (χ0) is 14.3. The van der Waals surface area contributed by atoms with Crippen molar-refractivity contribution in [3.8, 4) is 0 Å². The molecule has 2 aliphatic carbocycles. The molecule has 1 heterocycles. The van der Waals surface area contributed by atoms with Crippen LogP contribution in [0.3, 0.4) is 0 Å². The molecule has 4 unspecified atom stereocenters. The summed E-state index contributed by atoms with van der Waals surface area (Å²) in [6.45, 7) is 4.00. The van der Waals surface area contributed by atoms with Crippen LogP contribution >= 0.6 is 0 Å². The van der Waals surface area contributed by atoms with Gasteiger partial charge >= 0.3 is 0 Å². The summed E-state index contributed by atoms with van der Waals surface area (Å²) >= 11 is 0. The Morgan fingerprint density at radius 2 is 2.25 bits per heavy atom. The highest BCUT2D eigenvalue weighted by Gasteiger charge is 2.40. The van der Waals surface area contributed by atoms with Gasteiger partial charge in [-0.25, -0.2) is 0 Å². The minimum Gasteiger partial charge on any atom is -0.329 e. The molecule has 0 saturated heterocycles. The van der Waals surface area contributed by atoms with Gasteiger partial charge in [0.25, 0.3) is 0 Å². The highest BCUT2D eigenvalue weighted by molar-refractivity contribution is 5.21. The van der Waals surface area contributed by atoms with E-state index in [1.54, 1.807) is 0 Å². The summed E-state index contributed by atoms with van der Waals surface area (Å²) in [6.07, 6.45) is 7.86. The normalized spacial score (nSPS) is 30.4. The minimum atomic E-state index is 0.308. The van der Waals surface area contributed by atoms with Crippen molar-refractivity contribution in [2.24, 2.45) is 30.5 Å². The highest BCUT2D eigenvalue weighted by atomic mass is 15.3. The van der Waals surface area contributed by atoms with E-state index in [1.165, 1.54) is 43.5 Å². The second kappa shape index (κ2) is 5.49. The summed E-state index contributed by atoms with van der Waals surface area (Å²) in [5.41, 5.74) is 8.58. The number of aromatic nitrogens is 2. The summed E-state index contributed by atoms with van der Waals surface area (Å²) in [7, 11) is 4.23. The van der Waals surface area contributed by atoms with Crippen molar-refractivity contribution in [3.05, 3.63) is 17.5 Å². The second-order valence-corrected chi connectivity index (χ2v) is 6.93. The molecule has 2 fully saturated rings. The lowest BCUT2D eigenvalue weighted by Gasteiger charge is -2.32. The summed E-state index contributed by atoms with van der Waals surface area (Å²) in [5.74, 6) is 2.90. The maximum Gasteiger partial charge on any atom is 0.0540 e. The lowest BCUT2D eigenvalue weighted by Crippen LogP contribution is -2.36. The van der Waals surface area contributed by atoms with Crippen LogP contribution in [0, 0.1) is 24.7 Å². The van der Waals surface area contributed by atoms with Crippen molar-refractivity contribution in [1.82, 2.24) is 14.7 Å². The zero-order valence-corrected chi connectivity index (χ0v) is 13.0. The van der Waals surface area contributed by atoms with E-state index in [1.807, 2.05) is 17.9 Å². The Morgan fingerprint density at radius 3 is 2.75 bits per heavy atom. The average Bonchev–Trinajstić information content (AvgIpc) is 3.11. The fourth-order valence-electron chi connectivity index (χ4n) is 4.48. The molecule has 0 aromatic carbocycles. The Bertz CT molecular complexity index is 467. The first kappa shape index (κ1) is 14.1. The first-order valence-corrected chi connectivity index (χ1v) is 7.99. The van der Waals surface area contributed by atoms with Gasteiger partial charge in [-0.15, -0.1) is 0 Å². The van der Waals surface area contributed by atoms with E-state index >= 15 is 0 Å². The number of nitrogens with zero attached hydrogens (tertiary/aromatic N) is 3. The van der Waals surface area contributed by atoms with E-state index in [0.29, 0.717) is 12.6 Å². The Balaban J connectivity index is 1.68. The fourth-order valence-corrected chi connectivity index (χ4v) is 4.48. The lowest BCUT2D eigenvalue weighted by atomic mass is 9.88. The fraction of sp³-hybridized carbons (Fsp3) is 0.812. The number of fused-ring (bicyclic) bond motifs is 2. The van der Waals surface area contributed by atoms with Crippen LogP contribution in [0.1, 0.15) is 43.0 Å². The van der Waals surface area contributed by atoms with Gasteiger partial charge in [0, 0.05) is 31.4 Å². The van der Waals surface area contributed by atoms with Gasteiger partial charge in [-0.1, -0.05) is 6.42 Å². The van der Waals surface area contributed by atoms with Gasteiger partial charge in [0.2, 0.25) is 0 Å². The second-order valence-electron chi connectivity index (χ2n) is 6.93. The largest absolute Gasteiger partial charge is 0.329 e. The van der Waals surface area contributed by atoms with Crippen LogP contribution in [0.4, 0.5) is 0 Å². The molecule has 1 aromatic rings. The van der Waals surface area contributed by atoms with Crippen LogP contribution in [0.15, 0.2) is 6.20 Å². The maximum absolute atomic E-state index is 6.06. The first-order chi connectivity index (χ1) is 9.60. The van der Waals surface area contributed by atoms with Gasteiger partial charge < -0.3 is 5.73 Å². The van der Waals surface area contributed by atoms with Gasteiger partial charge in [0.1, 0.15) is 0 Å². The van der Waals surface area contributed by atoms with E-state index in [4.69, 9.17) is 5.73 Å². The molecule has 2 aliphatic rings. The van der Waals surface area contributed by atoms with E-state index in [2.05, 4.69) is 24.0 Å². The number of aryl methyl sites for hydroxylation is 1. The molecular formula is C16H28N4.